The lowest BCUT2D eigenvalue weighted by Gasteiger charge is -2.18. The third-order valence-electron chi connectivity index (χ3n) is 13.1. The highest BCUT2D eigenvalue weighted by atomic mass is 15.0. The highest BCUT2D eigenvalue weighted by molar-refractivity contribution is 6.12. The molecule has 0 spiro atoms. The highest BCUT2D eigenvalue weighted by Crippen LogP contribution is 2.42. The summed E-state index contributed by atoms with van der Waals surface area (Å²) in [5.41, 5.74) is 16.8. The van der Waals surface area contributed by atoms with E-state index in [9.17, 15) is 15.8 Å². The Balaban J connectivity index is 1.13. The second kappa shape index (κ2) is 16.3. The van der Waals surface area contributed by atoms with Gasteiger partial charge in [-0.3, -0.25) is 0 Å². The van der Waals surface area contributed by atoms with Gasteiger partial charge in [0.05, 0.1) is 68.1 Å². The fraction of sp³-hybridized carbons (Fsp3) is 0. The zero-order valence-electron chi connectivity index (χ0n) is 36.5. The number of para-hydroxylation sites is 2. The summed E-state index contributed by atoms with van der Waals surface area (Å²) in [5, 5.41) is 34.8. The quantitative estimate of drug-likeness (QED) is 0.159. The number of fused-ring (bicyclic) bond motifs is 6. The Kier molecular flexibility index (Phi) is 9.55. The molecule has 6 nitrogen and oxygen atoms in total. The minimum atomic E-state index is 0.511. The lowest BCUT2D eigenvalue weighted by atomic mass is 9.97. The molecule has 0 N–H and O–H groups in total. The second-order valence-electron chi connectivity index (χ2n) is 16.9. The first-order valence-electron chi connectivity index (χ1n) is 22.4. The maximum Gasteiger partial charge on any atom is 0.104 e. The summed E-state index contributed by atoms with van der Waals surface area (Å²) in [7, 11) is 0. The van der Waals surface area contributed by atoms with E-state index in [0.29, 0.717) is 16.7 Å². The zero-order valence-corrected chi connectivity index (χ0v) is 36.5. The number of nitriles is 3. The number of pyridine rings is 1. The van der Waals surface area contributed by atoms with E-state index in [4.69, 9.17) is 4.98 Å². The van der Waals surface area contributed by atoms with Crippen molar-refractivity contribution in [2.45, 2.75) is 0 Å². The van der Waals surface area contributed by atoms with Crippen molar-refractivity contribution in [1.82, 2.24) is 14.1 Å². The molecule has 0 aliphatic carbocycles. The van der Waals surface area contributed by atoms with E-state index >= 15 is 0 Å². The molecule has 68 heavy (non-hydrogen) atoms. The van der Waals surface area contributed by atoms with Crippen molar-refractivity contribution < 1.29 is 0 Å². The number of nitrogens with zero attached hydrogens (tertiary/aromatic N) is 6. The molecule has 6 heteroatoms. The molecule has 0 saturated heterocycles. The van der Waals surface area contributed by atoms with Gasteiger partial charge in [0.1, 0.15) is 11.6 Å². The van der Waals surface area contributed by atoms with Crippen LogP contribution in [-0.4, -0.2) is 14.1 Å². The van der Waals surface area contributed by atoms with Gasteiger partial charge in [-0.25, -0.2) is 4.98 Å². The SMILES string of the molecule is N#Cc1ccc(-c2ccc3c(c2)c2ccccc2n3-c2cc(-c3cccc(-c4ccccc4-c4ccccc4)n3)cc(-n3c4ccccc4c4cc(-c5ccc(C#N)cc5)ccc43)c2C#N)cc1. The van der Waals surface area contributed by atoms with E-state index in [2.05, 4.69) is 179 Å². The van der Waals surface area contributed by atoms with Gasteiger partial charge in [0.25, 0.3) is 0 Å². The van der Waals surface area contributed by atoms with Crippen molar-refractivity contribution >= 4 is 43.6 Å². The van der Waals surface area contributed by atoms with Gasteiger partial charge < -0.3 is 9.13 Å². The van der Waals surface area contributed by atoms with E-state index in [0.717, 1.165) is 111 Å². The van der Waals surface area contributed by atoms with Crippen LogP contribution in [-0.2, 0) is 0 Å². The van der Waals surface area contributed by atoms with Crippen LogP contribution >= 0.6 is 0 Å². The fourth-order valence-corrected chi connectivity index (χ4v) is 9.85. The molecule has 0 aliphatic heterocycles. The van der Waals surface area contributed by atoms with Crippen LogP contribution in [0.3, 0.4) is 0 Å². The standard InChI is InChI=1S/C62H36N6/c63-37-40-21-25-42(26-22-40)45-29-31-59-52(33-45)50-15-6-8-19-57(50)67(59)61-35-47(55-17-10-18-56(66-55)49-14-5-4-13-48(49)44-11-2-1-3-12-44)36-62(54(61)39-65)68-58-20-9-7-16-51(58)53-34-46(30-32-60(53)68)43-27-23-41(38-64)24-28-43/h1-36H. The van der Waals surface area contributed by atoms with Crippen molar-refractivity contribution in [2.24, 2.45) is 0 Å². The Morgan fingerprint density at radius 1 is 0.309 bits per heavy atom. The lowest BCUT2D eigenvalue weighted by Crippen LogP contribution is -2.05. The molecule has 0 unspecified atom stereocenters. The molecule has 0 aliphatic rings. The van der Waals surface area contributed by atoms with Crippen molar-refractivity contribution in [3.63, 3.8) is 0 Å². The fourth-order valence-electron chi connectivity index (χ4n) is 9.85. The number of aromatic nitrogens is 3. The molecule has 0 fully saturated rings. The normalized spacial score (nSPS) is 11.2. The first-order chi connectivity index (χ1) is 33.6. The smallest absolute Gasteiger partial charge is 0.104 e. The van der Waals surface area contributed by atoms with Crippen LogP contribution in [0.2, 0.25) is 0 Å². The Labute approximate surface area is 392 Å². The van der Waals surface area contributed by atoms with E-state index in [-0.39, 0.29) is 0 Å². The number of hydrogen-bond acceptors (Lipinski definition) is 4. The topological polar surface area (TPSA) is 94.1 Å². The number of hydrogen-bond donors (Lipinski definition) is 0. The van der Waals surface area contributed by atoms with Crippen LogP contribution < -0.4 is 0 Å². The zero-order chi connectivity index (χ0) is 45.7. The third-order valence-corrected chi connectivity index (χ3v) is 13.1. The third kappa shape index (κ3) is 6.59. The monoisotopic (exact) mass is 864 g/mol. The predicted octanol–water partition coefficient (Wildman–Crippen LogP) is 15.2. The Bertz CT molecular complexity index is 3900. The molecule has 12 aromatic rings. The van der Waals surface area contributed by atoms with Crippen LogP contribution in [0.15, 0.2) is 218 Å². The van der Waals surface area contributed by atoms with Gasteiger partial charge in [-0.1, -0.05) is 133 Å². The molecule has 314 valence electrons. The number of rotatable bonds is 7. The lowest BCUT2D eigenvalue weighted by molar-refractivity contribution is 1.12. The summed E-state index contributed by atoms with van der Waals surface area (Å²) in [6, 6.07) is 81.4. The van der Waals surface area contributed by atoms with E-state index in [1.807, 2.05) is 66.7 Å². The number of benzene rings is 9. The molecule has 0 bridgehead atoms. The largest absolute Gasteiger partial charge is 0.308 e. The molecule has 9 aromatic carbocycles. The molecule has 0 radical (unpaired) electrons. The molecule has 12 rings (SSSR count). The van der Waals surface area contributed by atoms with E-state index in [1.54, 1.807) is 0 Å². The summed E-state index contributed by atoms with van der Waals surface area (Å²) in [6.07, 6.45) is 0. The molecular weight excluding hydrogens is 829 g/mol. The molecule has 0 amide bonds. The van der Waals surface area contributed by atoms with Gasteiger partial charge in [0, 0.05) is 32.7 Å². The summed E-state index contributed by atoms with van der Waals surface area (Å²) >= 11 is 0. The maximum absolute atomic E-state index is 11.6. The van der Waals surface area contributed by atoms with Crippen LogP contribution in [0.25, 0.3) is 111 Å². The van der Waals surface area contributed by atoms with E-state index in [1.165, 1.54) is 0 Å². The Morgan fingerprint density at radius 2 is 0.765 bits per heavy atom. The summed E-state index contributed by atoms with van der Waals surface area (Å²) in [5.74, 6) is 0. The van der Waals surface area contributed by atoms with Crippen LogP contribution in [0.1, 0.15) is 16.7 Å². The van der Waals surface area contributed by atoms with E-state index < -0.39 is 0 Å². The molecule has 0 atom stereocenters. The van der Waals surface area contributed by atoms with Gasteiger partial charge in [0.15, 0.2) is 0 Å². The Hall–Kier alpha value is -9.80. The van der Waals surface area contributed by atoms with Crippen molar-refractivity contribution in [1.29, 1.82) is 15.8 Å². The van der Waals surface area contributed by atoms with Crippen molar-refractivity contribution in [3.05, 3.63) is 235 Å². The van der Waals surface area contributed by atoms with Gasteiger partial charge in [-0.2, -0.15) is 15.8 Å². The molecular formula is C62H36N6. The summed E-state index contributed by atoms with van der Waals surface area (Å²) in [4.78, 5) is 5.42. The predicted molar refractivity (Wildman–Crippen MR) is 274 cm³/mol. The molecule has 3 aromatic heterocycles. The minimum Gasteiger partial charge on any atom is -0.308 e. The van der Waals surface area contributed by atoms with Crippen molar-refractivity contribution in [3.8, 4) is 85.5 Å². The van der Waals surface area contributed by atoms with Crippen LogP contribution in [0.5, 0.6) is 0 Å². The maximum atomic E-state index is 11.6. The summed E-state index contributed by atoms with van der Waals surface area (Å²) < 4.78 is 4.45. The van der Waals surface area contributed by atoms with Crippen molar-refractivity contribution in [2.75, 3.05) is 0 Å². The molecule has 0 saturated carbocycles. The highest BCUT2D eigenvalue weighted by Gasteiger charge is 2.24. The minimum absolute atomic E-state index is 0.511. The summed E-state index contributed by atoms with van der Waals surface area (Å²) in [6.45, 7) is 0. The Morgan fingerprint density at radius 3 is 1.29 bits per heavy atom. The average molecular weight is 865 g/mol. The van der Waals surface area contributed by atoms with Gasteiger partial charge in [0.2, 0.25) is 0 Å². The van der Waals surface area contributed by atoms with Crippen LogP contribution in [0, 0.1) is 34.0 Å². The van der Waals surface area contributed by atoms with Crippen LogP contribution in [0.4, 0.5) is 0 Å². The van der Waals surface area contributed by atoms with Gasteiger partial charge >= 0.3 is 0 Å². The average Bonchev–Trinajstić information content (AvgIpc) is 3.93. The first-order valence-corrected chi connectivity index (χ1v) is 22.4. The van der Waals surface area contributed by atoms with Gasteiger partial charge in [-0.05, 0) is 118 Å². The molecule has 3 heterocycles. The van der Waals surface area contributed by atoms with Gasteiger partial charge in [-0.15, -0.1) is 0 Å². The first kappa shape index (κ1) is 39.8. The second-order valence-corrected chi connectivity index (χ2v) is 16.9.